The predicted molar refractivity (Wildman–Crippen MR) is 119 cm³/mol. The van der Waals surface area contributed by atoms with Crippen LogP contribution < -0.4 is 16.2 Å². The third-order valence-electron chi connectivity index (χ3n) is 4.21. The Balaban J connectivity index is 1.57. The molecule has 0 bridgehead atoms. The molecule has 9 nitrogen and oxygen atoms in total. The minimum Gasteiger partial charge on any atom is -0.322 e. The Kier molecular flexibility index (Phi) is 7.04. The average Bonchev–Trinajstić information content (AvgIpc) is 2.77. The molecule has 0 aromatic heterocycles. The molecule has 0 aliphatic carbocycles. The number of hydrazine groups is 1. The molecule has 0 saturated heterocycles. The molecule has 0 spiro atoms. The molecule has 3 rings (SSSR count). The molecule has 11 heteroatoms. The van der Waals surface area contributed by atoms with Crippen molar-refractivity contribution in [1.82, 2.24) is 10.9 Å². The van der Waals surface area contributed by atoms with Gasteiger partial charge in [-0.15, -0.1) is 0 Å². The minimum atomic E-state index is -0.619. The van der Waals surface area contributed by atoms with E-state index in [-0.39, 0.29) is 27.4 Å². The first-order valence-electron chi connectivity index (χ1n) is 8.96. The zero-order valence-corrected chi connectivity index (χ0v) is 17.6. The highest BCUT2D eigenvalue weighted by molar-refractivity contribution is 6.36. The van der Waals surface area contributed by atoms with Crippen LogP contribution in [-0.4, -0.2) is 22.6 Å². The van der Waals surface area contributed by atoms with Gasteiger partial charge >= 0.3 is 0 Å². The number of nitrogens with zero attached hydrogens (tertiary/aromatic N) is 1. The molecule has 0 fully saturated rings. The molecule has 0 atom stereocenters. The summed E-state index contributed by atoms with van der Waals surface area (Å²) in [6.45, 7) is 0. The number of amides is 3. The summed E-state index contributed by atoms with van der Waals surface area (Å²) in [5, 5.41) is 13.8. The van der Waals surface area contributed by atoms with Gasteiger partial charge in [-0.1, -0.05) is 23.2 Å². The number of non-ortho nitro benzene ring substituents is 1. The van der Waals surface area contributed by atoms with Crippen LogP contribution in [0.1, 0.15) is 31.1 Å². The zero-order chi connectivity index (χ0) is 23.3. The van der Waals surface area contributed by atoms with E-state index < -0.39 is 22.6 Å². The zero-order valence-electron chi connectivity index (χ0n) is 16.1. The molecule has 0 saturated carbocycles. The normalized spacial score (nSPS) is 10.2. The molecule has 0 aliphatic heterocycles. The molecule has 3 aromatic rings. The van der Waals surface area contributed by atoms with E-state index in [1.165, 1.54) is 66.7 Å². The van der Waals surface area contributed by atoms with Gasteiger partial charge in [0.2, 0.25) is 0 Å². The van der Waals surface area contributed by atoms with Crippen molar-refractivity contribution >= 4 is 52.3 Å². The van der Waals surface area contributed by atoms with Gasteiger partial charge in [0.05, 0.1) is 15.5 Å². The first-order valence-corrected chi connectivity index (χ1v) is 9.72. The quantitative estimate of drug-likeness (QED) is 0.377. The van der Waals surface area contributed by atoms with Crippen molar-refractivity contribution in [2.24, 2.45) is 0 Å². The van der Waals surface area contributed by atoms with Crippen molar-refractivity contribution in [1.29, 1.82) is 0 Å². The highest BCUT2D eigenvalue weighted by atomic mass is 35.5. The van der Waals surface area contributed by atoms with Crippen LogP contribution in [0.25, 0.3) is 0 Å². The van der Waals surface area contributed by atoms with Crippen LogP contribution >= 0.6 is 23.2 Å². The number of hydrogen-bond donors (Lipinski definition) is 3. The lowest BCUT2D eigenvalue weighted by Gasteiger charge is -2.10. The van der Waals surface area contributed by atoms with E-state index in [0.717, 1.165) is 0 Å². The topological polar surface area (TPSA) is 130 Å². The summed E-state index contributed by atoms with van der Waals surface area (Å²) < 4.78 is 0. The monoisotopic (exact) mass is 472 g/mol. The SMILES string of the molecule is O=C(NNC(=O)c1ccc(Cl)cc1Cl)c1ccc(NC(=O)c2ccc([N+](=O)[O-])cc2)cc1. The number of halogens is 2. The summed E-state index contributed by atoms with van der Waals surface area (Å²) >= 11 is 11.7. The van der Waals surface area contributed by atoms with Crippen LogP contribution in [0.3, 0.4) is 0 Å². The smallest absolute Gasteiger partial charge is 0.271 e. The van der Waals surface area contributed by atoms with Crippen LogP contribution in [0.4, 0.5) is 11.4 Å². The van der Waals surface area contributed by atoms with Gasteiger partial charge < -0.3 is 5.32 Å². The molecule has 0 heterocycles. The third-order valence-corrected chi connectivity index (χ3v) is 4.76. The summed E-state index contributed by atoms with van der Waals surface area (Å²) in [5.41, 5.74) is 5.40. The van der Waals surface area contributed by atoms with Crippen molar-refractivity contribution in [2.45, 2.75) is 0 Å². The Bertz CT molecular complexity index is 1200. The van der Waals surface area contributed by atoms with Crippen LogP contribution in [0.2, 0.25) is 10.0 Å². The molecule has 162 valence electrons. The number of benzene rings is 3. The van der Waals surface area contributed by atoms with E-state index in [1.54, 1.807) is 0 Å². The van der Waals surface area contributed by atoms with E-state index in [1.807, 2.05) is 0 Å². The number of nitro benzene ring substituents is 1. The van der Waals surface area contributed by atoms with Gasteiger partial charge in [-0.3, -0.25) is 35.3 Å². The maximum Gasteiger partial charge on any atom is 0.271 e. The second kappa shape index (κ2) is 9.90. The molecular formula is C21H14Cl2N4O5. The average molecular weight is 473 g/mol. The molecule has 3 aromatic carbocycles. The van der Waals surface area contributed by atoms with Crippen LogP contribution in [0, 0.1) is 10.1 Å². The number of carbonyl (C=O) groups excluding carboxylic acids is 3. The molecular weight excluding hydrogens is 459 g/mol. The standard InChI is InChI=1S/C21H14Cl2N4O5/c22-14-5-10-17(18(23)11-14)21(30)26-25-20(29)13-1-6-15(7-2-13)24-19(28)12-3-8-16(9-4-12)27(31)32/h1-11H,(H,24,28)(H,25,29)(H,26,30). The van der Waals surface area contributed by atoms with Crippen LogP contribution in [0.15, 0.2) is 66.7 Å². The largest absolute Gasteiger partial charge is 0.322 e. The van der Waals surface area contributed by atoms with Gasteiger partial charge in [0.15, 0.2) is 0 Å². The van der Waals surface area contributed by atoms with E-state index in [2.05, 4.69) is 16.2 Å². The summed E-state index contributed by atoms with van der Waals surface area (Å²) in [4.78, 5) is 46.8. The van der Waals surface area contributed by atoms with Crippen molar-refractivity contribution in [3.05, 3.63) is 104 Å². The summed E-state index contributed by atoms with van der Waals surface area (Å²) in [5.74, 6) is -1.67. The Morgan fingerprint density at radius 3 is 1.91 bits per heavy atom. The lowest BCUT2D eigenvalue weighted by molar-refractivity contribution is -0.384. The number of anilines is 1. The minimum absolute atomic E-state index is 0.123. The lowest BCUT2D eigenvalue weighted by Crippen LogP contribution is -2.41. The number of nitro groups is 1. The van der Waals surface area contributed by atoms with E-state index in [4.69, 9.17) is 23.2 Å². The molecule has 0 radical (unpaired) electrons. The first-order chi connectivity index (χ1) is 15.2. The van der Waals surface area contributed by atoms with Crippen molar-refractivity contribution in [3.8, 4) is 0 Å². The van der Waals surface area contributed by atoms with Crippen LogP contribution in [-0.2, 0) is 0 Å². The lowest BCUT2D eigenvalue weighted by atomic mass is 10.1. The summed E-state index contributed by atoms with van der Waals surface area (Å²) in [6, 6.07) is 15.3. The number of carbonyl (C=O) groups is 3. The second-order valence-electron chi connectivity index (χ2n) is 6.37. The Hall–Kier alpha value is -3.95. The number of nitrogens with one attached hydrogen (secondary N) is 3. The molecule has 3 amide bonds. The maximum atomic E-state index is 12.2. The van der Waals surface area contributed by atoms with E-state index >= 15 is 0 Å². The fourth-order valence-electron chi connectivity index (χ4n) is 2.57. The van der Waals surface area contributed by atoms with E-state index in [9.17, 15) is 24.5 Å². The fraction of sp³-hybridized carbons (Fsp3) is 0. The van der Waals surface area contributed by atoms with Crippen molar-refractivity contribution < 1.29 is 19.3 Å². The number of rotatable bonds is 5. The Morgan fingerprint density at radius 2 is 1.31 bits per heavy atom. The Labute approximate surface area is 191 Å². The summed E-state index contributed by atoms with van der Waals surface area (Å²) in [7, 11) is 0. The first kappa shape index (κ1) is 22.7. The highest BCUT2D eigenvalue weighted by Gasteiger charge is 2.13. The molecule has 3 N–H and O–H groups in total. The predicted octanol–water partition coefficient (Wildman–Crippen LogP) is 4.23. The number of hydrogen-bond acceptors (Lipinski definition) is 5. The summed E-state index contributed by atoms with van der Waals surface area (Å²) in [6.07, 6.45) is 0. The highest BCUT2D eigenvalue weighted by Crippen LogP contribution is 2.20. The van der Waals surface area contributed by atoms with Crippen LogP contribution in [0.5, 0.6) is 0 Å². The molecule has 0 aliphatic rings. The maximum absolute atomic E-state index is 12.2. The molecule has 0 unspecified atom stereocenters. The third kappa shape index (κ3) is 5.60. The van der Waals surface area contributed by atoms with Gasteiger partial charge in [0.25, 0.3) is 23.4 Å². The van der Waals surface area contributed by atoms with Gasteiger partial charge in [0.1, 0.15) is 0 Å². The van der Waals surface area contributed by atoms with Gasteiger partial charge in [0, 0.05) is 34.0 Å². The Morgan fingerprint density at radius 1 is 0.750 bits per heavy atom. The van der Waals surface area contributed by atoms with Crippen molar-refractivity contribution in [3.63, 3.8) is 0 Å². The van der Waals surface area contributed by atoms with Crippen molar-refractivity contribution in [2.75, 3.05) is 5.32 Å². The van der Waals surface area contributed by atoms with Gasteiger partial charge in [-0.05, 0) is 54.6 Å². The molecule has 32 heavy (non-hydrogen) atoms. The second-order valence-corrected chi connectivity index (χ2v) is 7.21. The van der Waals surface area contributed by atoms with Gasteiger partial charge in [-0.25, -0.2) is 0 Å². The van der Waals surface area contributed by atoms with Gasteiger partial charge in [-0.2, -0.15) is 0 Å². The fourth-order valence-corrected chi connectivity index (χ4v) is 3.06. The van der Waals surface area contributed by atoms with E-state index in [0.29, 0.717) is 10.7 Å².